The van der Waals surface area contributed by atoms with Crippen LogP contribution in [0.4, 0.5) is 0 Å². The first-order valence-corrected chi connectivity index (χ1v) is 25.1. The minimum Gasteiger partial charge on any atom is -0.494 e. The number of amides is 4. The molecule has 0 N–H and O–H groups in total. The molecule has 1 saturated carbocycles. The predicted molar refractivity (Wildman–Crippen MR) is 280 cm³/mol. The van der Waals surface area contributed by atoms with Crippen LogP contribution in [-0.2, 0) is 29.2 Å². The monoisotopic (exact) mass is 991 g/mol. The summed E-state index contributed by atoms with van der Waals surface area (Å²) >= 11 is 0. The molecule has 7 heterocycles. The second-order valence-electron chi connectivity index (χ2n) is 18.8. The fourth-order valence-corrected chi connectivity index (χ4v) is 9.32. The molecule has 5 aromatic heterocycles. The number of hydrogen-bond acceptors (Lipinski definition) is 11. The summed E-state index contributed by atoms with van der Waals surface area (Å²) in [6.07, 6.45) is 19.6. The number of aromatic nitrogens is 8. The second kappa shape index (κ2) is 23.1. The van der Waals surface area contributed by atoms with Crippen LogP contribution in [0.25, 0.3) is 44.1 Å². The highest BCUT2D eigenvalue weighted by Crippen LogP contribution is 2.41. The van der Waals surface area contributed by atoms with Gasteiger partial charge in [0, 0.05) is 131 Å². The van der Waals surface area contributed by atoms with Crippen molar-refractivity contribution in [3.8, 4) is 16.9 Å². The van der Waals surface area contributed by atoms with Crippen LogP contribution in [0.3, 0.4) is 0 Å². The zero-order valence-electron chi connectivity index (χ0n) is 43.2. The molecule has 0 spiro atoms. The molecule has 2 aliphatic heterocycles. The lowest BCUT2D eigenvalue weighted by Gasteiger charge is -2.28. The number of nitrogens with zero attached hydrogens (tertiary/aromatic N) is 12. The second-order valence-corrected chi connectivity index (χ2v) is 18.8. The molecular formula is C55H66N12O6. The van der Waals surface area contributed by atoms with Gasteiger partial charge in [-0.05, 0) is 103 Å². The molecular weight excluding hydrogens is 925 g/mol. The van der Waals surface area contributed by atoms with Crippen molar-refractivity contribution in [1.29, 1.82) is 0 Å². The maximum absolute atomic E-state index is 13.0. The van der Waals surface area contributed by atoms with E-state index in [0.717, 1.165) is 70.0 Å². The Kier molecular flexibility index (Phi) is 16.3. The summed E-state index contributed by atoms with van der Waals surface area (Å²) < 4.78 is 17.5. The molecule has 0 saturated heterocycles. The number of hydrogen-bond donors (Lipinski definition) is 0. The number of pyridine rings is 1. The largest absolute Gasteiger partial charge is 0.494 e. The van der Waals surface area contributed by atoms with Gasteiger partial charge in [0.2, 0.25) is 11.8 Å². The summed E-state index contributed by atoms with van der Waals surface area (Å²) in [5, 5.41) is 17.4. The van der Waals surface area contributed by atoms with Gasteiger partial charge in [0.15, 0.2) is 5.76 Å². The van der Waals surface area contributed by atoms with Crippen LogP contribution in [-0.4, -0.2) is 144 Å². The van der Waals surface area contributed by atoms with Crippen molar-refractivity contribution in [3.63, 3.8) is 0 Å². The summed E-state index contributed by atoms with van der Waals surface area (Å²) in [6, 6.07) is 14.0. The van der Waals surface area contributed by atoms with Crippen LogP contribution in [0.5, 0.6) is 5.75 Å². The van der Waals surface area contributed by atoms with Crippen molar-refractivity contribution in [2.45, 2.75) is 78.9 Å². The first-order valence-electron chi connectivity index (χ1n) is 25.1. The lowest BCUT2D eigenvalue weighted by molar-refractivity contribution is -0.131. The topological polar surface area (TPSA) is 183 Å². The number of aryl methyl sites for hydroxylation is 3. The fraction of sp³-hybridized carbons (Fsp3) is 0.400. The lowest BCUT2D eigenvalue weighted by Crippen LogP contribution is -2.36. The van der Waals surface area contributed by atoms with Gasteiger partial charge in [0.25, 0.3) is 11.8 Å². The van der Waals surface area contributed by atoms with Crippen molar-refractivity contribution >= 4 is 56.6 Å². The molecule has 0 unspecified atom stereocenters. The third kappa shape index (κ3) is 11.9. The number of rotatable bonds is 14. The molecule has 382 valence electrons. The Morgan fingerprint density at radius 3 is 1.97 bits per heavy atom. The Morgan fingerprint density at radius 1 is 0.753 bits per heavy atom. The minimum absolute atomic E-state index is 0.00873. The van der Waals surface area contributed by atoms with Gasteiger partial charge in [-0.25, -0.2) is 0 Å². The quantitative estimate of drug-likeness (QED) is 0.103. The highest BCUT2D eigenvalue weighted by atomic mass is 16.5. The molecule has 73 heavy (non-hydrogen) atoms. The van der Waals surface area contributed by atoms with Crippen LogP contribution >= 0.6 is 0 Å². The van der Waals surface area contributed by atoms with Gasteiger partial charge in [-0.15, -0.1) is 10.2 Å². The van der Waals surface area contributed by atoms with Crippen LogP contribution < -0.4 is 4.74 Å². The van der Waals surface area contributed by atoms with Crippen LogP contribution in [0.1, 0.15) is 90.1 Å². The molecule has 3 aliphatic rings. The first-order chi connectivity index (χ1) is 35.3. The molecule has 7 aromatic rings. The number of ether oxygens (including phenoxy) is 1. The number of carbonyl (C=O) groups is 4. The molecule has 4 amide bonds. The van der Waals surface area contributed by atoms with Crippen LogP contribution in [0.15, 0.2) is 96.2 Å². The average molecular weight is 991 g/mol. The SMILES string of the molecule is CC.CN(C)C(=O)c1ccc2c(c1)cc(C1=CCCN(C(=O)CCn3ccnn3)C1)n2CC1CC1.COc1cncc(C)c1-c1cc(C2=CCCN(C(=O)CCn3ccnn3)C2)cc2cc(C(=O)N(C)C)oc12. The van der Waals surface area contributed by atoms with Crippen molar-refractivity contribution in [2.75, 3.05) is 61.5 Å². The lowest BCUT2D eigenvalue weighted by atomic mass is 9.93. The van der Waals surface area contributed by atoms with E-state index in [2.05, 4.69) is 60.5 Å². The molecule has 18 nitrogen and oxygen atoms in total. The molecule has 0 bridgehead atoms. The number of furan rings is 1. The maximum atomic E-state index is 13.0. The van der Waals surface area contributed by atoms with E-state index in [1.54, 1.807) is 92.8 Å². The zero-order valence-corrected chi connectivity index (χ0v) is 43.2. The summed E-state index contributed by atoms with van der Waals surface area (Å²) in [7, 11) is 8.55. The molecule has 2 aromatic carbocycles. The zero-order chi connectivity index (χ0) is 51.8. The minimum atomic E-state index is -0.215. The van der Waals surface area contributed by atoms with Crippen molar-refractivity contribution in [1.82, 2.24) is 59.1 Å². The summed E-state index contributed by atoms with van der Waals surface area (Å²) in [5.74, 6) is 1.59. The van der Waals surface area contributed by atoms with Gasteiger partial charge in [-0.3, -0.25) is 33.5 Å². The van der Waals surface area contributed by atoms with Gasteiger partial charge in [-0.2, -0.15) is 0 Å². The third-order valence-corrected chi connectivity index (χ3v) is 13.3. The van der Waals surface area contributed by atoms with Gasteiger partial charge in [0.05, 0.1) is 38.8 Å². The molecule has 0 atom stereocenters. The van der Waals surface area contributed by atoms with Crippen molar-refractivity contribution in [3.05, 3.63) is 120 Å². The van der Waals surface area contributed by atoms with E-state index >= 15 is 0 Å². The third-order valence-electron chi connectivity index (χ3n) is 13.3. The molecule has 0 radical (unpaired) electrons. The first kappa shape index (κ1) is 51.5. The van der Waals surface area contributed by atoms with Gasteiger partial charge >= 0.3 is 0 Å². The molecule has 10 rings (SSSR count). The Labute approximate surface area is 425 Å². The Hall–Kier alpha value is -7.89. The molecule has 18 heteroatoms. The van der Waals surface area contributed by atoms with E-state index < -0.39 is 0 Å². The Bertz CT molecular complexity index is 3140. The smallest absolute Gasteiger partial charge is 0.289 e. The van der Waals surface area contributed by atoms with Crippen LogP contribution in [0.2, 0.25) is 0 Å². The van der Waals surface area contributed by atoms with E-state index in [1.807, 2.05) is 48.8 Å². The molecule has 1 fully saturated rings. The van der Waals surface area contributed by atoms with Gasteiger partial charge in [-0.1, -0.05) is 36.4 Å². The van der Waals surface area contributed by atoms with E-state index in [-0.39, 0.29) is 29.4 Å². The normalized spacial score (nSPS) is 14.4. The Morgan fingerprint density at radius 2 is 1.38 bits per heavy atom. The number of carbonyl (C=O) groups excluding carboxylic acids is 4. The number of fused-ring (bicyclic) bond motifs is 2. The average Bonchev–Trinajstić information content (AvgIpc) is 3.84. The number of methoxy groups -OCH3 is 1. The van der Waals surface area contributed by atoms with Crippen LogP contribution in [0, 0.1) is 12.8 Å². The van der Waals surface area contributed by atoms with E-state index in [4.69, 9.17) is 9.15 Å². The summed E-state index contributed by atoms with van der Waals surface area (Å²) in [5.41, 5.74) is 9.39. The van der Waals surface area contributed by atoms with Crippen molar-refractivity contribution in [2.24, 2.45) is 5.92 Å². The van der Waals surface area contributed by atoms with Gasteiger partial charge in [0.1, 0.15) is 11.3 Å². The number of benzene rings is 2. The maximum Gasteiger partial charge on any atom is 0.289 e. The highest BCUT2D eigenvalue weighted by Gasteiger charge is 2.28. The fourth-order valence-electron chi connectivity index (χ4n) is 9.32. The predicted octanol–water partition coefficient (Wildman–Crippen LogP) is 7.89. The standard InChI is InChI=1S/C28H30N6O4.C25H30N6O2.C2H6/c1-18-15-29-16-24(37-4)26(18)22-13-20(12-21-14-23(38-27(21)22)28(36)32(2)3)19-6-5-9-33(17-19)25(35)7-10-34-11-8-30-31-34;1-28(2)25(33)19-7-8-22-21(14-19)15-23(31(22)16-18-5-6-18)20-4-3-11-29(17-20)24(32)9-12-30-13-10-26-27-30;1-2/h6,8,11-16H,5,7,9-10,17H2,1-4H3;4,7-8,10,13-15,18H,3,5-6,9,11-12,16-17H2,1-2H3;1-2H3. The van der Waals surface area contributed by atoms with E-state index in [9.17, 15) is 19.2 Å². The van der Waals surface area contributed by atoms with E-state index in [0.29, 0.717) is 68.4 Å². The summed E-state index contributed by atoms with van der Waals surface area (Å²) in [6.45, 7) is 10.5. The van der Waals surface area contributed by atoms with Gasteiger partial charge < -0.3 is 33.3 Å². The molecule has 1 aliphatic carbocycles. The van der Waals surface area contributed by atoms with E-state index in [1.165, 1.54) is 29.0 Å². The summed E-state index contributed by atoms with van der Waals surface area (Å²) in [4.78, 5) is 62.3. The Balaban J connectivity index is 0.000000190. The van der Waals surface area contributed by atoms with Crippen molar-refractivity contribution < 1.29 is 28.3 Å². The highest BCUT2D eigenvalue weighted by molar-refractivity contribution is 6.03.